The Kier molecular flexibility index (Phi) is 6.67. The van der Waals surface area contributed by atoms with Crippen molar-refractivity contribution in [2.75, 3.05) is 13.2 Å². The van der Waals surface area contributed by atoms with Crippen molar-refractivity contribution in [3.05, 3.63) is 29.3 Å². The van der Waals surface area contributed by atoms with E-state index in [0.29, 0.717) is 23.9 Å². The summed E-state index contributed by atoms with van der Waals surface area (Å²) in [6, 6.07) is 7.29. The maximum Gasteiger partial charge on any atom is 0.303 e. The van der Waals surface area contributed by atoms with Gasteiger partial charge in [-0.05, 0) is 36.9 Å². The minimum atomic E-state index is -0.810. The Bertz CT molecular complexity index is 411. The van der Waals surface area contributed by atoms with Crippen LogP contribution in [0.1, 0.15) is 19.8 Å². The van der Waals surface area contributed by atoms with Crippen molar-refractivity contribution in [3.63, 3.8) is 0 Å². The Morgan fingerprint density at radius 1 is 1.47 bits per heavy atom. The predicted octanol–water partition coefficient (Wildman–Crippen LogP) is 2.79. The van der Waals surface area contributed by atoms with E-state index in [-0.39, 0.29) is 18.3 Å². The first kappa shape index (κ1) is 15.8. The topological polar surface area (TPSA) is 72.5 Å². The molecule has 5 heteroatoms. The smallest absolute Gasteiger partial charge is 0.303 e. The molecule has 0 saturated carbocycles. The first-order valence-corrected chi connectivity index (χ1v) is 6.70. The summed E-state index contributed by atoms with van der Waals surface area (Å²) in [6.07, 6.45) is 0.834. The fourth-order valence-corrected chi connectivity index (χ4v) is 2.13. The summed E-state index contributed by atoms with van der Waals surface area (Å²) in [5, 5.41) is 9.35. The summed E-state index contributed by atoms with van der Waals surface area (Å²) in [5.41, 5.74) is 5.58. The van der Waals surface area contributed by atoms with Gasteiger partial charge in [0.15, 0.2) is 0 Å². The zero-order valence-electron chi connectivity index (χ0n) is 11.0. The lowest BCUT2D eigenvalue weighted by molar-refractivity contribution is -0.138. The van der Waals surface area contributed by atoms with Crippen molar-refractivity contribution in [1.29, 1.82) is 0 Å². The number of aliphatic carboxylic acids is 1. The van der Waals surface area contributed by atoms with Crippen LogP contribution in [0.2, 0.25) is 5.02 Å². The van der Waals surface area contributed by atoms with Crippen LogP contribution in [0.25, 0.3) is 0 Å². The van der Waals surface area contributed by atoms with E-state index < -0.39 is 5.97 Å². The predicted molar refractivity (Wildman–Crippen MR) is 75.5 cm³/mol. The number of hydrogen-bond acceptors (Lipinski definition) is 3. The van der Waals surface area contributed by atoms with Gasteiger partial charge in [-0.25, -0.2) is 0 Å². The van der Waals surface area contributed by atoms with Crippen LogP contribution < -0.4 is 10.5 Å². The number of nitrogens with two attached hydrogens (primary N) is 1. The van der Waals surface area contributed by atoms with Gasteiger partial charge < -0.3 is 15.6 Å². The molecular formula is C14H20ClNO3. The summed E-state index contributed by atoms with van der Waals surface area (Å²) in [5.74, 6) is 0.0553. The quantitative estimate of drug-likeness (QED) is 0.770. The van der Waals surface area contributed by atoms with Gasteiger partial charge in [0.1, 0.15) is 5.75 Å². The highest BCUT2D eigenvalue weighted by atomic mass is 35.5. The van der Waals surface area contributed by atoms with Crippen LogP contribution in [-0.4, -0.2) is 24.2 Å². The molecule has 0 bridgehead atoms. The highest BCUT2D eigenvalue weighted by Gasteiger charge is 2.16. The van der Waals surface area contributed by atoms with Crippen molar-refractivity contribution in [2.24, 2.45) is 17.6 Å². The second kappa shape index (κ2) is 8.02. The van der Waals surface area contributed by atoms with E-state index in [1.807, 2.05) is 25.1 Å². The fourth-order valence-electron chi connectivity index (χ4n) is 1.94. The number of halogens is 1. The number of hydrogen-bond donors (Lipinski definition) is 2. The van der Waals surface area contributed by atoms with E-state index in [2.05, 4.69) is 0 Å². The second-order valence-electron chi connectivity index (χ2n) is 4.78. The van der Waals surface area contributed by atoms with Gasteiger partial charge in [-0.1, -0.05) is 30.7 Å². The molecular weight excluding hydrogens is 266 g/mol. The van der Waals surface area contributed by atoms with Crippen LogP contribution in [0.4, 0.5) is 0 Å². The monoisotopic (exact) mass is 285 g/mol. The van der Waals surface area contributed by atoms with E-state index >= 15 is 0 Å². The van der Waals surface area contributed by atoms with E-state index in [1.165, 1.54) is 0 Å². The highest BCUT2D eigenvalue weighted by molar-refractivity contribution is 6.32. The third-order valence-corrected chi connectivity index (χ3v) is 3.20. The average molecular weight is 286 g/mol. The molecule has 4 nitrogen and oxygen atoms in total. The molecule has 0 aliphatic carbocycles. The Morgan fingerprint density at radius 2 is 2.16 bits per heavy atom. The number of carboxylic acid groups (broad SMARTS) is 1. The van der Waals surface area contributed by atoms with Gasteiger partial charge >= 0.3 is 5.97 Å². The molecule has 1 aromatic carbocycles. The van der Waals surface area contributed by atoms with Crippen LogP contribution in [0.5, 0.6) is 5.75 Å². The molecule has 19 heavy (non-hydrogen) atoms. The van der Waals surface area contributed by atoms with Crippen molar-refractivity contribution >= 4 is 17.6 Å². The van der Waals surface area contributed by atoms with E-state index in [9.17, 15) is 4.79 Å². The van der Waals surface area contributed by atoms with Crippen LogP contribution in [-0.2, 0) is 4.79 Å². The zero-order chi connectivity index (χ0) is 14.3. The maximum atomic E-state index is 10.7. The van der Waals surface area contributed by atoms with Gasteiger partial charge in [-0.15, -0.1) is 0 Å². The molecule has 2 atom stereocenters. The van der Waals surface area contributed by atoms with Crippen molar-refractivity contribution in [3.8, 4) is 5.75 Å². The van der Waals surface area contributed by atoms with Crippen LogP contribution in [0, 0.1) is 11.8 Å². The molecule has 0 amide bonds. The molecule has 0 spiro atoms. The third-order valence-electron chi connectivity index (χ3n) is 2.89. The summed E-state index contributed by atoms with van der Waals surface area (Å²) in [7, 11) is 0. The number of ether oxygens (including phenoxy) is 1. The minimum Gasteiger partial charge on any atom is -0.492 e. The standard InChI is InChI=1S/C14H20ClNO3/c1-10(6-11(8-16)7-14(17)18)9-19-13-5-3-2-4-12(13)15/h2-5,10-11H,6-9,16H2,1H3,(H,17,18). The Morgan fingerprint density at radius 3 is 2.74 bits per heavy atom. The zero-order valence-corrected chi connectivity index (χ0v) is 11.8. The third kappa shape index (κ3) is 5.94. The number of rotatable bonds is 8. The van der Waals surface area contributed by atoms with Crippen LogP contribution in [0.3, 0.4) is 0 Å². The molecule has 0 fully saturated rings. The lowest BCUT2D eigenvalue weighted by atomic mass is 9.94. The van der Waals surface area contributed by atoms with E-state index in [0.717, 1.165) is 6.42 Å². The van der Waals surface area contributed by atoms with E-state index in [4.69, 9.17) is 27.2 Å². The Labute approximate surface area is 118 Å². The molecule has 0 saturated heterocycles. The lowest BCUT2D eigenvalue weighted by Gasteiger charge is -2.18. The van der Waals surface area contributed by atoms with Gasteiger partial charge in [-0.3, -0.25) is 4.79 Å². The first-order valence-electron chi connectivity index (χ1n) is 6.32. The summed E-state index contributed by atoms with van der Waals surface area (Å²) in [4.78, 5) is 10.7. The van der Waals surface area contributed by atoms with Crippen LogP contribution in [0.15, 0.2) is 24.3 Å². The SMILES string of the molecule is CC(COc1ccccc1Cl)CC(CN)CC(=O)O. The first-order chi connectivity index (χ1) is 9.02. The molecule has 1 aromatic rings. The number of benzene rings is 1. The number of para-hydroxylation sites is 1. The lowest BCUT2D eigenvalue weighted by Crippen LogP contribution is -2.22. The second-order valence-corrected chi connectivity index (χ2v) is 5.19. The fraction of sp³-hybridized carbons (Fsp3) is 0.500. The van der Waals surface area contributed by atoms with Gasteiger partial charge in [0, 0.05) is 6.42 Å². The highest BCUT2D eigenvalue weighted by Crippen LogP contribution is 2.24. The average Bonchev–Trinajstić information content (AvgIpc) is 2.36. The maximum absolute atomic E-state index is 10.7. The molecule has 2 unspecified atom stereocenters. The molecule has 1 rings (SSSR count). The van der Waals surface area contributed by atoms with Gasteiger partial charge in [-0.2, -0.15) is 0 Å². The summed E-state index contributed by atoms with van der Waals surface area (Å²) >= 11 is 5.99. The van der Waals surface area contributed by atoms with E-state index in [1.54, 1.807) is 6.07 Å². The van der Waals surface area contributed by atoms with Crippen molar-refractivity contribution in [1.82, 2.24) is 0 Å². The molecule has 0 aliphatic rings. The van der Waals surface area contributed by atoms with Crippen molar-refractivity contribution < 1.29 is 14.6 Å². The molecule has 0 aliphatic heterocycles. The van der Waals surface area contributed by atoms with Gasteiger partial charge in [0.2, 0.25) is 0 Å². The summed E-state index contributed by atoms with van der Waals surface area (Å²) < 4.78 is 5.63. The number of carboxylic acids is 1. The summed E-state index contributed by atoms with van der Waals surface area (Å²) in [6.45, 7) is 2.89. The minimum absolute atomic E-state index is 0.0117. The van der Waals surface area contributed by atoms with Crippen LogP contribution >= 0.6 is 11.6 Å². The molecule has 0 radical (unpaired) electrons. The van der Waals surface area contributed by atoms with Crippen molar-refractivity contribution in [2.45, 2.75) is 19.8 Å². The Balaban J connectivity index is 2.40. The molecule has 106 valence electrons. The Hall–Kier alpha value is -1.26. The number of carbonyl (C=O) groups is 1. The normalized spacial score (nSPS) is 13.8. The van der Waals surface area contributed by atoms with Gasteiger partial charge in [0.05, 0.1) is 11.6 Å². The molecule has 0 heterocycles. The molecule has 0 aromatic heterocycles. The molecule has 3 N–H and O–H groups in total. The van der Waals surface area contributed by atoms with Gasteiger partial charge in [0.25, 0.3) is 0 Å². The largest absolute Gasteiger partial charge is 0.492 e.